The van der Waals surface area contributed by atoms with Crippen LogP contribution in [0.4, 0.5) is 0 Å². The van der Waals surface area contributed by atoms with Gasteiger partial charge in [-0.3, -0.25) is 9.59 Å². The summed E-state index contributed by atoms with van der Waals surface area (Å²) in [5, 5.41) is 0. The van der Waals surface area contributed by atoms with Crippen molar-refractivity contribution in [3.05, 3.63) is 24.3 Å². The van der Waals surface area contributed by atoms with Crippen LogP contribution in [0, 0.1) is 0 Å². The van der Waals surface area contributed by atoms with Crippen molar-refractivity contribution in [1.29, 1.82) is 0 Å². The van der Waals surface area contributed by atoms with Gasteiger partial charge in [0.2, 0.25) is 11.8 Å². The van der Waals surface area contributed by atoms with Gasteiger partial charge in [0, 0.05) is 41.0 Å². The Bertz CT molecular complexity index is 598. The molecular weight excluding hydrogens is 540 g/mol. The number of amides is 2. The van der Waals surface area contributed by atoms with E-state index in [1.54, 1.807) is 9.80 Å². The van der Waals surface area contributed by atoms with Gasteiger partial charge in [-0.05, 0) is 64.2 Å². The van der Waals surface area contributed by atoms with Crippen LogP contribution < -0.4 is 0 Å². The molecule has 0 aromatic rings. The summed E-state index contributed by atoms with van der Waals surface area (Å²) in [6, 6.07) is 0. The molecule has 4 heteroatoms. The Morgan fingerprint density at radius 3 is 0.841 bits per heavy atom. The summed E-state index contributed by atoms with van der Waals surface area (Å²) in [5.41, 5.74) is 0. The molecule has 0 aliphatic rings. The molecule has 0 spiro atoms. The largest absolute Gasteiger partial charge is 0.349 e. The number of carbonyl (C=O) groups is 2. The topological polar surface area (TPSA) is 40.6 Å². The number of nitrogens with zero attached hydrogens (tertiary/aromatic N) is 2. The third-order valence-electron chi connectivity index (χ3n) is 8.30. The van der Waals surface area contributed by atoms with E-state index < -0.39 is 0 Å². The first-order valence-corrected chi connectivity index (χ1v) is 19.1. The van der Waals surface area contributed by atoms with Crippen molar-refractivity contribution in [3.63, 3.8) is 0 Å². The maximum atomic E-state index is 11.4. The Morgan fingerprint density at radius 1 is 0.364 bits per heavy atom. The van der Waals surface area contributed by atoms with Gasteiger partial charge in [-0.15, -0.1) is 0 Å². The second-order valence-electron chi connectivity index (χ2n) is 13.2. The SMILES string of the molecule is CCCCCCCC/C=C\CCCCCCCC(=O)N(C)C.CCCCCCCC/C=C\CCCCCCCC(=O)N(C)C. The number of hydrogen-bond donors (Lipinski definition) is 0. The van der Waals surface area contributed by atoms with Gasteiger partial charge in [0.25, 0.3) is 0 Å². The van der Waals surface area contributed by atoms with Crippen LogP contribution in [0.2, 0.25) is 0 Å². The Morgan fingerprint density at radius 2 is 0.591 bits per heavy atom. The fourth-order valence-electron chi connectivity index (χ4n) is 5.14. The van der Waals surface area contributed by atoms with Gasteiger partial charge in [0.1, 0.15) is 0 Å². The fraction of sp³-hybridized carbons (Fsp3) is 0.850. The molecule has 0 atom stereocenters. The first-order chi connectivity index (χ1) is 21.4. The quantitative estimate of drug-likeness (QED) is 0.0593. The van der Waals surface area contributed by atoms with E-state index in [2.05, 4.69) is 38.2 Å². The van der Waals surface area contributed by atoms with Crippen LogP contribution in [0.1, 0.15) is 194 Å². The van der Waals surface area contributed by atoms with Crippen molar-refractivity contribution in [2.75, 3.05) is 28.2 Å². The third-order valence-corrected chi connectivity index (χ3v) is 8.30. The monoisotopic (exact) mass is 619 g/mol. The van der Waals surface area contributed by atoms with Crippen LogP contribution >= 0.6 is 0 Å². The summed E-state index contributed by atoms with van der Waals surface area (Å²) in [5.74, 6) is 0.523. The van der Waals surface area contributed by atoms with Crippen LogP contribution in [0.3, 0.4) is 0 Å². The standard InChI is InChI=1S/2C20H39NO/c2*1-4-5-6-7-8-9-10-11-12-13-14-15-16-17-18-19-20(22)21(2)3/h2*11-12H,4-10,13-19H2,1-3H3/b2*12-11-. The van der Waals surface area contributed by atoms with Gasteiger partial charge in [-0.25, -0.2) is 0 Å². The Labute approximate surface area is 276 Å². The highest BCUT2D eigenvalue weighted by Gasteiger charge is 2.03. The maximum Gasteiger partial charge on any atom is 0.222 e. The first kappa shape index (κ1) is 44.5. The second kappa shape index (κ2) is 37.6. The lowest BCUT2D eigenvalue weighted by atomic mass is 10.1. The fourth-order valence-corrected chi connectivity index (χ4v) is 5.14. The normalized spacial score (nSPS) is 11.2. The molecule has 260 valence electrons. The predicted molar refractivity (Wildman–Crippen MR) is 196 cm³/mol. The van der Waals surface area contributed by atoms with Crippen LogP contribution in [0.5, 0.6) is 0 Å². The van der Waals surface area contributed by atoms with Gasteiger partial charge in [0.05, 0.1) is 0 Å². The number of rotatable bonds is 30. The van der Waals surface area contributed by atoms with E-state index in [9.17, 15) is 9.59 Å². The Hall–Kier alpha value is -1.58. The zero-order chi connectivity index (χ0) is 32.9. The lowest BCUT2D eigenvalue weighted by Gasteiger charge is -2.09. The van der Waals surface area contributed by atoms with E-state index in [0.717, 1.165) is 12.8 Å². The van der Waals surface area contributed by atoms with E-state index in [1.807, 2.05) is 28.2 Å². The van der Waals surface area contributed by atoms with Crippen molar-refractivity contribution in [3.8, 4) is 0 Å². The molecule has 44 heavy (non-hydrogen) atoms. The highest BCUT2D eigenvalue weighted by molar-refractivity contribution is 5.75. The molecule has 0 N–H and O–H groups in total. The van der Waals surface area contributed by atoms with Crippen LogP contribution in [-0.4, -0.2) is 49.8 Å². The highest BCUT2D eigenvalue weighted by Crippen LogP contribution is 2.12. The molecule has 0 heterocycles. The van der Waals surface area contributed by atoms with Crippen molar-refractivity contribution >= 4 is 11.8 Å². The molecular formula is C40H78N2O2. The van der Waals surface area contributed by atoms with Crippen LogP contribution in [0.15, 0.2) is 24.3 Å². The minimum Gasteiger partial charge on any atom is -0.349 e. The predicted octanol–water partition coefficient (Wildman–Crippen LogP) is 12.2. The molecule has 0 fully saturated rings. The van der Waals surface area contributed by atoms with Gasteiger partial charge in [-0.2, -0.15) is 0 Å². The molecule has 0 aromatic carbocycles. The van der Waals surface area contributed by atoms with Gasteiger partial charge in [-0.1, -0.05) is 141 Å². The van der Waals surface area contributed by atoms with Crippen molar-refractivity contribution in [1.82, 2.24) is 9.80 Å². The van der Waals surface area contributed by atoms with Crippen molar-refractivity contribution in [2.45, 2.75) is 194 Å². The molecule has 0 radical (unpaired) electrons. The van der Waals surface area contributed by atoms with Gasteiger partial charge < -0.3 is 9.80 Å². The van der Waals surface area contributed by atoms with Gasteiger partial charge in [0.15, 0.2) is 0 Å². The lowest BCUT2D eigenvalue weighted by Crippen LogP contribution is -2.20. The molecule has 0 rings (SSSR count). The minimum absolute atomic E-state index is 0.262. The number of unbranched alkanes of at least 4 members (excludes halogenated alkanes) is 22. The molecule has 0 bridgehead atoms. The third kappa shape index (κ3) is 38.4. The zero-order valence-corrected chi connectivity index (χ0v) is 30.8. The Kier molecular flexibility index (Phi) is 38.1. The second-order valence-corrected chi connectivity index (χ2v) is 13.2. The molecule has 0 aromatic heterocycles. The van der Waals surface area contributed by atoms with E-state index in [0.29, 0.717) is 12.8 Å². The smallest absolute Gasteiger partial charge is 0.222 e. The minimum atomic E-state index is 0.262. The average molecular weight is 619 g/mol. The molecule has 4 nitrogen and oxygen atoms in total. The summed E-state index contributed by atoms with van der Waals surface area (Å²) in [6.45, 7) is 4.54. The summed E-state index contributed by atoms with van der Waals surface area (Å²) in [6.07, 6.45) is 44.8. The highest BCUT2D eigenvalue weighted by atomic mass is 16.2. The maximum absolute atomic E-state index is 11.4. The molecule has 0 unspecified atom stereocenters. The van der Waals surface area contributed by atoms with Crippen molar-refractivity contribution < 1.29 is 9.59 Å². The average Bonchev–Trinajstić information content (AvgIpc) is 3.01. The van der Waals surface area contributed by atoms with E-state index in [4.69, 9.17) is 0 Å². The summed E-state index contributed by atoms with van der Waals surface area (Å²) in [4.78, 5) is 26.2. The van der Waals surface area contributed by atoms with Crippen LogP contribution in [-0.2, 0) is 9.59 Å². The number of carbonyl (C=O) groups excluding carboxylic acids is 2. The molecule has 0 saturated carbocycles. The van der Waals surface area contributed by atoms with E-state index in [-0.39, 0.29) is 11.8 Å². The Balaban J connectivity index is 0. The van der Waals surface area contributed by atoms with Gasteiger partial charge >= 0.3 is 0 Å². The van der Waals surface area contributed by atoms with E-state index in [1.165, 1.54) is 154 Å². The summed E-state index contributed by atoms with van der Waals surface area (Å²) in [7, 11) is 7.33. The summed E-state index contributed by atoms with van der Waals surface area (Å²) < 4.78 is 0. The lowest BCUT2D eigenvalue weighted by molar-refractivity contribution is -0.129. The molecule has 0 aliphatic carbocycles. The first-order valence-electron chi connectivity index (χ1n) is 19.1. The summed E-state index contributed by atoms with van der Waals surface area (Å²) >= 11 is 0. The molecule has 0 saturated heterocycles. The zero-order valence-electron chi connectivity index (χ0n) is 30.8. The van der Waals surface area contributed by atoms with Crippen LogP contribution in [0.25, 0.3) is 0 Å². The van der Waals surface area contributed by atoms with E-state index >= 15 is 0 Å². The molecule has 2 amide bonds. The number of allylic oxidation sites excluding steroid dienone is 4. The molecule has 0 aliphatic heterocycles. The van der Waals surface area contributed by atoms with Crippen molar-refractivity contribution in [2.24, 2.45) is 0 Å². The number of hydrogen-bond acceptors (Lipinski definition) is 2.